The van der Waals surface area contributed by atoms with Crippen LogP contribution in [-0.4, -0.2) is 46.5 Å². The molecule has 8 heteroatoms. The Morgan fingerprint density at radius 1 is 1.03 bits per heavy atom. The third-order valence-electron chi connectivity index (χ3n) is 6.44. The molecule has 8 nitrogen and oxygen atoms in total. The van der Waals surface area contributed by atoms with Crippen molar-refractivity contribution in [3.8, 4) is 5.75 Å². The molecule has 3 fully saturated rings. The van der Waals surface area contributed by atoms with Crippen molar-refractivity contribution in [2.24, 2.45) is 11.7 Å². The van der Waals surface area contributed by atoms with Crippen LogP contribution < -0.4 is 15.8 Å². The summed E-state index contributed by atoms with van der Waals surface area (Å²) in [4.78, 5) is 39.7. The Morgan fingerprint density at radius 2 is 1.69 bits per heavy atom. The number of nitrogens with zero attached hydrogens (tertiary/aromatic N) is 1. The number of carbonyl (C=O) groups excluding carboxylic acids is 3. The number of alkyl carbamates (subject to hydrolysis) is 1. The zero-order valence-corrected chi connectivity index (χ0v) is 20.4. The fraction of sp³-hybridized carbons (Fsp3) is 0.444. The van der Waals surface area contributed by atoms with Gasteiger partial charge in [-0.2, -0.15) is 0 Å². The quantitative estimate of drug-likeness (QED) is 0.604. The Balaban J connectivity index is 1.46. The van der Waals surface area contributed by atoms with Gasteiger partial charge in [0.2, 0.25) is 11.8 Å². The lowest BCUT2D eigenvalue weighted by Crippen LogP contribution is -2.54. The molecule has 1 aliphatic carbocycles. The number of nitrogens with two attached hydrogens (primary N) is 1. The fourth-order valence-electron chi connectivity index (χ4n) is 4.78. The molecule has 35 heavy (non-hydrogen) atoms. The second kappa shape index (κ2) is 9.98. The highest BCUT2D eigenvalue weighted by molar-refractivity contribution is 5.92. The fourth-order valence-corrected chi connectivity index (χ4v) is 4.78. The predicted molar refractivity (Wildman–Crippen MR) is 130 cm³/mol. The van der Waals surface area contributed by atoms with Gasteiger partial charge in [0.25, 0.3) is 0 Å². The number of hydrogen-bond acceptors (Lipinski definition) is 5. The van der Waals surface area contributed by atoms with E-state index < -0.39 is 29.7 Å². The first kappa shape index (κ1) is 24.6. The minimum absolute atomic E-state index is 0.0123. The molecular weight excluding hydrogens is 446 g/mol. The summed E-state index contributed by atoms with van der Waals surface area (Å²) in [6.07, 6.45) is 1.11. The van der Waals surface area contributed by atoms with Crippen LogP contribution in [0.4, 0.5) is 4.79 Å². The van der Waals surface area contributed by atoms with E-state index in [1.54, 1.807) is 25.7 Å². The van der Waals surface area contributed by atoms with Gasteiger partial charge in [0, 0.05) is 12.5 Å². The van der Waals surface area contributed by atoms with E-state index in [9.17, 15) is 14.4 Å². The van der Waals surface area contributed by atoms with Crippen molar-refractivity contribution < 1.29 is 23.9 Å². The number of carbonyl (C=O) groups is 3. The van der Waals surface area contributed by atoms with Crippen molar-refractivity contribution in [3.63, 3.8) is 0 Å². The lowest BCUT2D eigenvalue weighted by molar-refractivity contribution is -0.139. The van der Waals surface area contributed by atoms with Crippen LogP contribution in [0.3, 0.4) is 0 Å². The second-order valence-electron chi connectivity index (χ2n) is 10.3. The summed E-state index contributed by atoms with van der Waals surface area (Å²) >= 11 is 0. The van der Waals surface area contributed by atoms with E-state index in [2.05, 4.69) is 5.32 Å². The number of hydrogen-bond donors (Lipinski definition) is 2. The maximum atomic E-state index is 13.6. The Hall–Kier alpha value is -3.55. The first-order chi connectivity index (χ1) is 16.6. The molecule has 5 rings (SSSR count). The third-order valence-corrected chi connectivity index (χ3v) is 6.44. The highest BCUT2D eigenvalue weighted by atomic mass is 16.6. The lowest BCUT2D eigenvalue weighted by atomic mass is 9.83. The number of ether oxygens (including phenoxy) is 2. The molecule has 3 amide bonds. The van der Waals surface area contributed by atoms with E-state index in [1.807, 2.05) is 54.6 Å². The Labute approximate surface area is 205 Å². The molecular formula is C27H33N3O5. The first-order valence-corrected chi connectivity index (χ1v) is 12.0. The molecule has 2 heterocycles. The monoisotopic (exact) mass is 479 g/mol. The van der Waals surface area contributed by atoms with Crippen LogP contribution in [0, 0.1) is 5.92 Å². The molecule has 2 unspecified atom stereocenters. The minimum atomic E-state index is -0.887. The van der Waals surface area contributed by atoms with Crippen molar-refractivity contribution in [3.05, 3.63) is 65.7 Å². The normalized spacial score (nSPS) is 21.6. The van der Waals surface area contributed by atoms with Crippen molar-refractivity contribution in [1.29, 1.82) is 0 Å². The van der Waals surface area contributed by atoms with Gasteiger partial charge in [-0.1, -0.05) is 42.5 Å². The average Bonchev–Trinajstić information content (AvgIpc) is 3.34. The average molecular weight is 480 g/mol. The van der Waals surface area contributed by atoms with Gasteiger partial charge in [0.05, 0.1) is 0 Å². The van der Waals surface area contributed by atoms with Crippen molar-refractivity contribution in [1.82, 2.24) is 10.2 Å². The van der Waals surface area contributed by atoms with Gasteiger partial charge in [0.15, 0.2) is 0 Å². The molecule has 0 spiro atoms. The van der Waals surface area contributed by atoms with Gasteiger partial charge in [-0.05, 0) is 62.8 Å². The maximum Gasteiger partial charge on any atom is 0.408 e. The highest BCUT2D eigenvalue weighted by Gasteiger charge is 2.56. The van der Waals surface area contributed by atoms with Gasteiger partial charge < -0.3 is 25.4 Å². The number of primary amides is 1. The second-order valence-corrected chi connectivity index (χ2v) is 10.3. The van der Waals surface area contributed by atoms with E-state index in [0.29, 0.717) is 12.4 Å². The molecule has 2 atom stereocenters. The molecule has 2 saturated heterocycles. The van der Waals surface area contributed by atoms with Gasteiger partial charge in [0.1, 0.15) is 30.0 Å². The van der Waals surface area contributed by atoms with Crippen LogP contribution in [0.25, 0.3) is 0 Å². The Bertz CT molecular complexity index is 1060. The first-order valence-electron chi connectivity index (χ1n) is 12.0. The maximum absolute atomic E-state index is 13.6. The topological polar surface area (TPSA) is 111 Å². The smallest absolute Gasteiger partial charge is 0.408 e. The summed E-state index contributed by atoms with van der Waals surface area (Å²) in [6.45, 7) is 5.73. The van der Waals surface area contributed by atoms with Crippen LogP contribution in [0.15, 0.2) is 54.6 Å². The molecule has 1 saturated carbocycles. The minimum Gasteiger partial charge on any atom is -0.489 e. The van der Waals surface area contributed by atoms with E-state index in [0.717, 1.165) is 24.0 Å². The lowest BCUT2D eigenvalue weighted by Gasteiger charge is -2.30. The molecule has 3 aliphatic rings. The van der Waals surface area contributed by atoms with Crippen LogP contribution in [0.1, 0.15) is 44.7 Å². The summed E-state index contributed by atoms with van der Waals surface area (Å²) in [5.74, 6) is -0.00670. The molecule has 0 aromatic heterocycles. The Kier molecular flexibility index (Phi) is 7.00. The van der Waals surface area contributed by atoms with Crippen LogP contribution in [0.2, 0.25) is 0 Å². The van der Waals surface area contributed by atoms with Gasteiger partial charge in [-0.3, -0.25) is 9.59 Å². The van der Waals surface area contributed by atoms with Gasteiger partial charge in [-0.25, -0.2) is 4.79 Å². The molecule has 2 aromatic carbocycles. The number of rotatable bonds is 8. The SMILES string of the molecule is CC(C)(C)OC(=O)NC(Cc1ccc(OCc2ccccc2)cc1)C(=O)N1C2CC(C2)C1C(N)=O. The molecule has 2 bridgehead atoms. The van der Waals surface area contributed by atoms with Crippen LogP contribution in [-0.2, 0) is 27.4 Å². The molecule has 3 N–H and O–H groups in total. The summed E-state index contributed by atoms with van der Waals surface area (Å²) in [5, 5.41) is 2.72. The highest BCUT2D eigenvalue weighted by Crippen LogP contribution is 2.46. The van der Waals surface area contributed by atoms with Crippen molar-refractivity contribution in [2.45, 2.75) is 70.4 Å². The van der Waals surface area contributed by atoms with E-state index >= 15 is 0 Å². The number of benzene rings is 2. The van der Waals surface area contributed by atoms with Crippen LogP contribution in [0.5, 0.6) is 5.75 Å². The summed E-state index contributed by atoms with van der Waals surface area (Å²) in [7, 11) is 0. The summed E-state index contributed by atoms with van der Waals surface area (Å²) < 4.78 is 11.2. The zero-order chi connectivity index (χ0) is 25.2. The van der Waals surface area contributed by atoms with Gasteiger partial charge in [-0.15, -0.1) is 0 Å². The van der Waals surface area contributed by atoms with E-state index in [-0.39, 0.29) is 24.3 Å². The summed E-state index contributed by atoms with van der Waals surface area (Å²) in [6, 6.07) is 15.8. The zero-order valence-electron chi connectivity index (χ0n) is 20.4. The van der Waals surface area contributed by atoms with Crippen LogP contribution >= 0.6 is 0 Å². The number of nitrogens with one attached hydrogen (secondary N) is 1. The third kappa shape index (κ3) is 5.93. The predicted octanol–water partition coefficient (Wildman–Crippen LogP) is 3.18. The summed E-state index contributed by atoms with van der Waals surface area (Å²) in [5.41, 5.74) is 6.81. The molecule has 2 aliphatic heterocycles. The standard InChI is InChI=1S/C27H33N3O5/c1-27(2,3)35-26(33)29-22(25(32)30-20-14-19(15-20)23(30)24(28)31)13-17-9-11-21(12-10-17)34-16-18-7-5-4-6-8-18/h4-12,19-20,22-23H,13-16H2,1-3H3,(H2,28,31)(H,29,33). The molecule has 2 aromatic rings. The number of amides is 3. The molecule has 0 radical (unpaired) electrons. The van der Waals surface area contributed by atoms with Crippen molar-refractivity contribution in [2.75, 3.05) is 0 Å². The van der Waals surface area contributed by atoms with E-state index in [4.69, 9.17) is 15.2 Å². The van der Waals surface area contributed by atoms with Crippen molar-refractivity contribution >= 4 is 17.9 Å². The molecule has 186 valence electrons. The Morgan fingerprint density at radius 3 is 2.29 bits per heavy atom. The van der Waals surface area contributed by atoms with Gasteiger partial charge >= 0.3 is 6.09 Å². The van der Waals surface area contributed by atoms with E-state index in [1.165, 1.54) is 0 Å². The number of fused-ring (bicyclic) bond motifs is 1. The largest absolute Gasteiger partial charge is 0.489 e.